The van der Waals surface area contributed by atoms with E-state index in [1.807, 2.05) is 54.5 Å². The second-order valence-electron chi connectivity index (χ2n) is 4.58. The number of nitrogens with zero attached hydrogens (tertiary/aromatic N) is 4. The van der Waals surface area contributed by atoms with Crippen molar-refractivity contribution in [1.82, 2.24) is 15.2 Å². The number of halogens is 1. The lowest BCUT2D eigenvalue weighted by atomic mass is 10.2. The second kappa shape index (κ2) is 5.43. The third-order valence-corrected chi connectivity index (χ3v) is 3.41. The van der Waals surface area contributed by atoms with Crippen molar-refractivity contribution in [2.24, 2.45) is 0 Å². The van der Waals surface area contributed by atoms with E-state index in [9.17, 15) is 0 Å². The van der Waals surface area contributed by atoms with Gasteiger partial charge in [0.05, 0.1) is 0 Å². The molecule has 4 nitrogen and oxygen atoms in total. The van der Waals surface area contributed by atoms with Gasteiger partial charge < -0.3 is 4.90 Å². The van der Waals surface area contributed by atoms with Gasteiger partial charge in [-0.05, 0) is 11.6 Å². The smallest absolute Gasteiger partial charge is 0.159 e. The molecule has 3 aromatic rings. The third kappa shape index (κ3) is 2.42. The average Bonchev–Trinajstić information content (AvgIpc) is 2.49. The first-order chi connectivity index (χ1) is 9.75. The van der Waals surface area contributed by atoms with E-state index in [4.69, 9.17) is 11.6 Å². The first-order valence-corrected chi connectivity index (χ1v) is 6.64. The second-order valence-corrected chi connectivity index (χ2v) is 4.94. The van der Waals surface area contributed by atoms with Crippen LogP contribution >= 0.6 is 11.6 Å². The summed E-state index contributed by atoms with van der Waals surface area (Å²) in [7, 11) is 1.98. The fourth-order valence-electron chi connectivity index (χ4n) is 2.18. The van der Waals surface area contributed by atoms with E-state index in [1.165, 1.54) is 0 Å². The Morgan fingerprint density at radius 2 is 1.85 bits per heavy atom. The number of hydrogen-bond acceptors (Lipinski definition) is 4. The lowest BCUT2D eigenvalue weighted by molar-refractivity contribution is 0.872. The maximum atomic E-state index is 6.09. The maximum absolute atomic E-state index is 6.09. The van der Waals surface area contributed by atoms with E-state index in [1.54, 1.807) is 6.20 Å². The van der Waals surface area contributed by atoms with Gasteiger partial charge in [-0.25, -0.2) is 0 Å². The van der Waals surface area contributed by atoms with Crippen LogP contribution in [0.3, 0.4) is 0 Å². The van der Waals surface area contributed by atoms with Crippen LogP contribution in [0.1, 0.15) is 5.56 Å². The standard InChI is InChI=1S/C15H13ClN4/c1-20(10-11-5-4-8-17-9-11)15-13-7-3-2-6-12(13)14(16)18-19-15/h2-9H,10H2,1H3. The van der Waals surface area contributed by atoms with Crippen LogP contribution in [0, 0.1) is 0 Å². The van der Waals surface area contributed by atoms with Crippen LogP contribution in [-0.4, -0.2) is 22.2 Å². The third-order valence-electron chi connectivity index (χ3n) is 3.13. The first-order valence-electron chi connectivity index (χ1n) is 6.26. The fourth-order valence-corrected chi connectivity index (χ4v) is 2.38. The summed E-state index contributed by atoms with van der Waals surface area (Å²) in [6.07, 6.45) is 3.61. The van der Waals surface area contributed by atoms with Crippen molar-refractivity contribution in [3.63, 3.8) is 0 Å². The zero-order chi connectivity index (χ0) is 13.9. The summed E-state index contributed by atoms with van der Waals surface area (Å²) >= 11 is 6.09. The minimum Gasteiger partial charge on any atom is -0.353 e. The average molecular weight is 285 g/mol. The van der Waals surface area contributed by atoms with Crippen molar-refractivity contribution in [2.75, 3.05) is 11.9 Å². The summed E-state index contributed by atoms with van der Waals surface area (Å²) in [5, 5.41) is 10.6. The Hall–Kier alpha value is -2.20. The van der Waals surface area contributed by atoms with Gasteiger partial charge in [-0.3, -0.25) is 4.98 Å². The maximum Gasteiger partial charge on any atom is 0.159 e. The molecule has 1 aromatic carbocycles. The number of pyridine rings is 1. The van der Waals surface area contributed by atoms with Gasteiger partial charge >= 0.3 is 0 Å². The summed E-state index contributed by atoms with van der Waals surface area (Å²) in [5.74, 6) is 0.814. The number of hydrogen-bond donors (Lipinski definition) is 0. The van der Waals surface area contributed by atoms with E-state index in [0.29, 0.717) is 11.7 Å². The molecule has 0 radical (unpaired) electrons. The molecule has 3 rings (SSSR count). The SMILES string of the molecule is CN(Cc1cccnc1)c1nnc(Cl)c2ccccc12. The van der Waals surface area contributed by atoms with Gasteiger partial charge in [0, 0.05) is 36.8 Å². The van der Waals surface area contributed by atoms with Crippen LogP contribution in [0.4, 0.5) is 5.82 Å². The normalized spacial score (nSPS) is 10.7. The van der Waals surface area contributed by atoms with Crippen LogP contribution in [0.2, 0.25) is 5.15 Å². The van der Waals surface area contributed by atoms with Crippen LogP contribution in [-0.2, 0) is 6.54 Å². The van der Waals surface area contributed by atoms with E-state index in [0.717, 1.165) is 22.2 Å². The molecule has 0 aliphatic rings. The largest absolute Gasteiger partial charge is 0.353 e. The number of aromatic nitrogens is 3. The van der Waals surface area contributed by atoms with Gasteiger partial charge in [0.15, 0.2) is 11.0 Å². The highest BCUT2D eigenvalue weighted by atomic mass is 35.5. The Bertz CT molecular complexity index is 730. The highest BCUT2D eigenvalue weighted by Crippen LogP contribution is 2.28. The lowest BCUT2D eigenvalue weighted by Crippen LogP contribution is -2.18. The Labute approximate surface area is 122 Å². The number of anilines is 1. The van der Waals surface area contributed by atoms with Gasteiger partial charge in [0.25, 0.3) is 0 Å². The molecule has 0 saturated carbocycles. The zero-order valence-electron chi connectivity index (χ0n) is 11.0. The van der Waals surface area contributed by atoms with Gasteiger partial charge in [0.2, 0.25) is 0 Å². The minimum atomic E-state index is 0.430. The molecule has 0 fully saturated rings. The van der Waals surface area contributed by atoms with Crippen LogP contribution in [0.5, 0.6) is 0 Å². The predicted octanol–water partition coefficient (Wildman–Crippen LogP) is 3.31. The van der Waals surface area contributed by atoms with E-state index in [-0.39, 0.29) is 0 Å². The molecule has 0 aliphatic heterocycles. The molecule has 2 heterocycles. The lowest BCUT2D eigenvalue weighted by Gasteiger charge is -2.19. The Morgan fingerprint density at radius 1 is 1.05 bits per heavy atom. The van der Waals surface area contributed by atoms with Crippen molar-refractivity contribution in [3.8, 4) is 0 Å². The highest BCUT2D eigenvalue weighted by molar-refractivity contribution is 6.34. The van der Waals surface area contributed by atoms with Gasteiger partial charge in [-0.2, -0.15) is 0 Å². The van der Waals surface area contributed by atoms with E-state index >= 15 is 0 Å². The van der Waals surface area contributed by atoms with Gasteiger partial charge in [-0.1, -0.05) is 41.9 Å². The Kier molecular flexibility index (Phi) is 3.48. The van der Waals surface area contributed by atoms with Gasteiger partial charge in [0.1, 0.15) is 0 Å². The highest BCUT2D eigenvalue weighted by Gasteiger charge is 2.11. The first kappa shape index (κ1) is 12.8. The Balaban J connectivity index is 2.00. The molecule has 0 atom stereocenters. The zero-order valence-corrected chi connectivity index (χ0v) is 11.7. The van der Waals surface area contributed by atoms with Crippen molar-refractivity contribution in [2.45, 2.75) is 6.54 Å². The predicted molar refractivity (Wildman–Crippen MR) is 80.9 cm³/mol. The molecule has 20 heavy (non-hydrogen) atoms. The quantitative estimate of drug-likeness (QED) is 0.740. The van der Waals surface area contributed by atoms with Crippen molar-refractivity contribution < 1.29 is 0 Å². The molecule has 0 unspecified atom stereocenters. The summed E-state index contributed by atoms with van der Waals surface area (Å²) in [6, 6.07) is 11.8. The molecule has 2 aromatic heterocycles. The summed E-state index contributed by atoms with van der Waals surface area (Å²) < 4.78 is 0. The molecule has 0 bridgehead atoms. The molecular formula is C15H13ClN4. The minimum absolute atomic E-state index is 0.430. The molecule has 0 amide bonds. The Morgan fingerprint density at radius 3 is 2.60 bits per heavy atom. The van der Waals surface area contributed by atoms with Crippen LogP contribution in [0.25, 0.3) is 10.8 Å². The number of fused-ring (bicyclic) bond motifs is 1. The van der Waals surface area contributed by atoms with E-state index < -0.39 is 0 Å². The monoisotopic (exact) mass is 284 g/mol. The van der Waals surface area contributed by atoms with E-state index in [2.05, 4.69) is 15.2 Å². The summed E-state index contributed by atoms with van der Waals surface area (Å²) in [6.45, 7) is 0.716. The van der Waals surface area contributed by atoms with Crippen LogP contribution < -0.4 is 4.90 Å². The molecule has 100 valence electrons. The van der Waals surface area contributed by atoms with Gasteiger partial charge in [-0.15, -0.1) is 10.2 Å². The van der Waals surface area contributed by atoms with Crippen LogP contribution in [0.15, 0.2) is 48.8 Å². The molecular weight excluding hydrogens is 272 g/mol. The molecule has 0 N–H and O–H groups in total. The number of rotatable bonds is 3. The topological polar surface area (TPSA) is 41.9 Å². The molecule has 5 heteroatoms. The molecule has 0 aliphatic carbocycles. The fraction of sp³-hybridized carbons (Fsp3) is 0.133. The molecule has 0 spiro atoms. The van der Waals surface area contributed by atoms with Crippen molar-refractivity contribution >= 4 is 28.2 Å². The summed E-state index contributed by atoms with van der Waals surface area (Å²) in [5.41, 5.74) is 1.12. The number of benzene rings is 1. The summed E-state index contributed by atoms with van der Waals surface area (Å²) in [4.78, 5) is 6.17. The van der Waals surface area contributed by atoms with Crippen molar-refractivity contribution in [1.29, 1.82) is 0 Å². The van der Waals surface area contributed by atoms with Crippen molar-refractivity contribution in [3.05, 3.63) is 59.5 Å². The molecule has 0 saturated heterocycles.